The summed E-state index contributed by atoms with van der Waals surface area (Å²) in [4.78, 5) is 2.19. The number of rotatable bonds is 5. The molecule has 0 saturated carbocycles. The van der Waals surface area contributed by atoms with Crippen molar-refractivity contribution in [2.75, 3.05) is 11.9 Å². The van der Waals surface area contributed by atoms with E-state index in [0.717, 1.165) is 0 Å². The Morgan fingerprint density at radius 3 is 2.41 bits per heavy atom. The fourth-order valence-electron chi connectivity index (χ4n) is 1.74. The van der Waals surface area contributed by atoms with E-state index < -0.39 is 0 Å². The van der Waals surface area contributed by atoms with Gasteiger partial charge in [0.2, 0.25) is 0 Å². The molecule has 0 radical (unpaired) electrons. The highest BCUT2D eigenvalue weighted by Crippen LogP contribution is 2.21. The molecule has 0 saturated heterocycles. The monoisotopic (exact) mass is 233 g/mol. The van der Waals surface area contributed by atoms with Crippen LogP contribution in [0.3, 0.4) is 0 Å². The number of aryl methyl sites for hydroxylation is 1. The molecular formula is C16H27N. The van der Waals surface area contributed by atoms with Crippen LogP contribution in [0.2, 0.25) is 0 Å². The molecule has 0 spiro atoms. The summed E-state index contributed by atoms with van der Waals surface area (Å²) in [5.41, 5.74) is 2.77. The SMILES string of the molecule is C/C=C\N(C)c1ccccc1CCCC.CC. The van der Waals surface area contributed by atoms with Gasteiger partial charge in [0, 0.05) is 12.7 Å². The van der Waals surface area contributed by atoms with E-state index in [1.54, 1.807) is 0 Å². The smallest absolute Gasteiger partial charge is 0.0435 e. The fraction of sp³-hybridized carbons (Fsp3) is 0.500. The molecular weight excluding hydrogens is 206 g/mol. The van der Waals surface area contributed by atoms with Gasteiger partial charge in [-0.1, -0.05) is 51.5 Å². The molecule has 1 aromatic rings. The Labute approximate surface area is 107 Å². The van der Waals surface area contributed by atoms with Crippen LogP contribution >= 0.6 is 0 Å². The molecule has 0 amide bonds. The third kappa shape index (κ3) is 5.58. The largest absolute Gasteiger partial charge is 0.351 e. The van der Waals surface area contributed by atoms with Gasteiger partial charge in [0.1, 0.15) is 0 Å². The molecule has 1 heteroatoms. The lowest BCUT2D eigenvalue weighted by Crippen LogP contribution is -2.10. The first kappa shape index (κ1) is 15.8. The van der Waals surface area contributed by atoms with Gasteiger partial charge in [-0.15, -0.1) is 0 Å². The molecule has 96 valence electrons. The Morgan fingerprint density at radius 1 is 1.18 bits per heavy atom. The first-order valence-electron chi connectivity index (χ1n) is 6.73. The van der Waals surface area contributed by atoms with Gasteiger partial charge in [-0.25, -0.2) is 0 Å². The third-order valence-electron chi connectivity index (χ3n) is 2.54. The van der Waals surface area contributed by atoms with Gasteiger partial charge >= 0.3 is 0 Å². The molecule has 0 aromatic heterocycles. The number of hydrogen-bond donors (Lipinski definition) is 0. The Morgan fingerprint density at radius 2 is 1.82 bits per heavy atom. The summed E-state index contributed by atoms with van der Waals surface area (Å²) in [7, 11) is 2.10. The van der Waals surface area contributed by atoms with Gasteiger partial charge in [0.15, 0.2) is 0 Å². The molecule has 1 aromatic carbocycles. The predicted molar refractivity (Wildman–Crippen MR) is 79.6 cm³/mol. The molecule has 0 aliphatic carbocycles. The maximum absolute atomic E-state index is 2.23. The number of benzene rings is 1. The lowest BCUT2D eigenvalue weighted by Gasteiger charge is -2.18. The average Bonchev–Trinajstić information content (AvgIpc) is 2.39. The highest BCUT2D eigenvalue weighted by molar-refractivity contribution is 5.55. The number of anilines is 1. The number of para-hydroxylation sites is 1. The van der Waals surface area contributed by atoms with Crippen LogP contribution < -0.4 is 4.90 Å². The van der Waals surface area contributed by atoms with Crippen molar-refractivity contribution in [3.63, 3.8) is 0 Å². The van der Waals surface area contributed by atoms with Crippen LogP contribution in [0.1, 0.15) is 46.1 Å². The Bertz CT molecular complexity index is 315. The maximum Gasteiger partial charge on any atom is 0.0435 e. The topological polar surface area (TPSA) is 3.24 Å². The zero-order valence-corrected chi connectivity index (χ0v) is 12.0. The van der Waals surface area contributed by atoms with Crippen molar-refractivity contribution in [2.24, 2.45) is 0 Å². The summed E-state index contributed by atoms with van der Waals surface area (Å²) >= 11 is 0. The van der Waals surface area contributed by atoms with Gasteiger partial charge < -0.3 is 4.90 Å². The molecule has 0 bridgehead atoms. The zero-order valence-electron chi connectivity index (χ0n) is 12.0. The highest BCUT2D eigenvalue weighted by atomic mass is 15.1. The molecule has 0 aliphatic heterocycles. The number of allylic oxidation sites excluding steroid dienone is 1. The van der Waals surface area contributed by atoms with E-state index in [1.165, 1.54) is 30.5 Å². The average molecular weight is 233 g/mol. The van der Waals surface area contributed by atoms with E-state index in [4.69, 9.17) is 0 Å². The second-order valence-corrected chi connectivity index (χ2v) is 3.83. The normalized spacial score (nSPS) is 9.94. The van der Waals surface area contributed by atoms with Gasteiger partial charge in [-0.2, -0.15) is 0 Å². The first-order valence-corrected chi connectivity index (χ1v) is 6.73. The van der Waals surface area contributed by atoms with Gasteiger partial charge in [-0.05, 0) is 37.6 Å². The number of hydrogen-bond acceptors (Lipinski definition) is 1. The molecule has 17 heavy (non-hydrogen) atoms. The lowest BCUT2D eigenvalue weighted by molar-refractivity contribution is 0.794. The molecule has 0 heterocycles. The Hall–Kier alpha value is -1.24. The zero-order chi connectivity index (χ0) is 13.1. The van der Waals surface area contributed by atoms with Crippen LogP contribution in [0.4, 0.5) is 5.69 Å². The van der Waals surface area contributed by atoms with Crippen LogP contribution in [0.15, 0.2) is 36.5 Å². The molecule has 0 atom stereocenters. The van der Waals surface area contributed by atoms with E-state index in [0.29, 0.717) is 0 Å². The second kappa shape index (κ2) is 9.95. The molecule has 1 nitrogen and oxygen atoms in total. The number of unbranched alkanes of at least 4 members (excludes halogenated alkanes) is 1. The van der Waals surface area contributed by atoms with Crippen molar-refractivity contribution in [1.29, 1.82) is 0 Å². The van der Waals surface area contributed by atoms with Crippen molar-refractivity contribution in [2.45, 2.75) is 47.0 Å². The van der Waals surface area contributed by atoms with Crippen LogP contribution in [0.25, 0.3) is 0 Å². The van der Waals surface area contributed by atoms with Crippen LogP contribution in [-0.2, 0) is 6.42 Å². The lowest BCUT2D eigenvalue weighted by atomic mass is 10.1. The summed E-state index contributed by atoms with van der Waals surface area (Å²) in [6.07, 6.45) is 7.86. The molecule has 0 unspecified atom stereocenters. The quantitative estimate of drug-likeness (QED) is 0.690. The highest BCUT2D eigenvalue weighted by Gasteiger charge is 2.03. The summed E-state index contributed by atoms with van der Waals surface area (Å²) in [6, 6.07) is 8.64. The van der Waals surface area contributed by atoms with Crippen LogP contribution in [0, 0.1) is 0 Å². The van der Waals surface area contributed by atoms with Crippen molar-refractivity contribution < 1.29 is 0 Å². The summed E-state index contributed by atoms with van der Waals surface area (Å²) in [5.74, 6) is 0. The van der Waals surface area contributed by atoms with E-state index in [2.05, 4.69) is 55.4 Å². The minimum absolute atomic E-state index is 1.18. The van der Waals surface area contributed by atoms with E-state index in [1.807, 2.05) is 20.8 Å². The van der Waals surface area contributed by atoms with Crippen LogP contribution in [0.5, 0.6) is 0 Å². The van der Waals surface area contributed by atoms with E-state index in [-0.39, 0.29) is 0 Å². The van der Waals surface area contributed by atoms with Gasteiger partial charge in [0.05, 0.1) is 0 Å². The van der Waals surface area contributed by atoms with Crippen molar-refractivity contribution >= 4 is 5.69 Å². The second-order valence-electron chi connectivity index (χ2n) is 3.83. The first-order chi connectivity index (χ1) is 8.29. The summed E-state index contributed by atoms with van der Waals surface area (Å²) < 4.78 is 0. The van der Waals surface area contributed by atoms with Crippen molar-refractivity contribution in [3.05, 3.63) is 42.1 Å². The minimum atomic E-state index is 1.18. The standard InChI is InChI=1S/C14H21N.C2H6/c1-4-6-9-13-10-7-8-11-14(13)15(3)12-5-2;1-2/h5,7-8,10-12H,4,6,9H2,1-3H3;1-2H3/b12-5-;. The van der Waals surface area contributed by atoms with Gasteiger partial charge in [-0.3, -0.25) is 0 Å². The third-order valence-corrected chi connectivity index (χ3v) is 2.54. The number of nitrogens with zero attached hydrogens (tertiary/aromatic N) is 1. The Kier molecular flexibility index (Phi) is 9.22. The van der Waals surface area contributed by atoms with Crippen molar-refractivity contribution in [3.8, 4) is 0 Å². The molecule has 0 N–H and O–H groups in total. The summed E-state index contributed by atoms with van der Waals surface area (Å²) in [5, 5.41) is 0. The summed E-state index contributed by atoms with van der Waals surface area (Å²) in [6.45, 7) is 8.28. The van der Waals surface area contributed by atoms with E-state index >= 15 is 0 Å². The van der Waals surface area contributed by atoms with Crippen LogP contribution in [-0.4, -0.2) is 7.05 Å². The van der Waals surface area contributed by atoms with E-state index in [9.17, 15) is 0 Å². The van der Waals surface area contributed by atoms with Crippen molar-refractivity contribution in [1.82, 2.24) is 0 Å². The molecule has 0 fully saturated rings. The molecule has 1 rings (SSSR count). The minimum Gasteiger partial charge on any atom is -0.351 e. The Balaban J connectivity index is 0.00000121. The fourth-order valence-corrected chi connectivity index (χ4v) is 1.74. The van der Waals surface area contributed by atoms with Gasteiger partial charge in [0.25, 0.3) is 0 Å². The predicted octanol–water partition coefficient (Wildman–Crippen LogP) is 5.03. The maximum atomic E-state index is 2.23. The molecule has 0 aliphatic rings.